The zero-order valence-electron chi connectivity index (χ0n) is 14.7. The molecule has 0 bridgehead atoms. The van der Waals surface area contributed by atoms with Crippen LogP contribution in [0, 0.1) is 6.92 Å². The van der Waals surface area contributed by atoms with E-state index in [-0.39, 0.29) is 17.3 Å². The van der Waals surface area contributed by atoms with E-state index in [2.05, 4.69) is 20.6 Å². The molecule has 3 rings (SSSR count). The first kappa shape index (κ1) is 19.1. The maximum Gasteiger partial charge on any atom is 0.274 e. The number of anilines is 2. The topological polar surface area (TPSA) is 130 Å². The van der Waals surface area contributed by atoms with Gasteiger partial charge in [0.2, 0.25) is 0 Å². The van der Waals surface area contributed by atoms with Gasteiger partial charge in [-0.25, -0.2) is 4.98 Å². The second kappa shape index (κ2) is 7.93. The third-order valence-corrected chi connectivity index (χ3v) is 4.18. The molecule has 0 unspecified atom stereocenters. The van der Waals surface area contributed by atoms with Crippen LogP contribution in [0.4, 0.5) is 11.4 Å². The predicted molar refractivity (Wildman–Crippen MR) is 106 cm³/mol. The van der Waals surface area contributed by atoms with Crippen molar-refractivity contribution in [2.45, 2.75) is 6.92 Å². The van der Waals surface area contributed by atoms with Crippen LogP contribution in [0.1, 0.15) is 36.9 Å². The summed E-state index contributed by atoms with van der Waals surface area (Å²) < 4.78 is 0. The van der Waals surface area contributed by atoms with Gasteiger partial charge >= 0.3 is 0 Å². The minimum atomic E-state index is -0.806. The van der Waals surface area contributed by atoms with E-state index in [1.54, 1.807) is 42.5 Å². The van der Waals surface area contributed by atoms with Crippen LogP contribution in [0.25, 0.3) is 0 Å². The van der Waals surface area contributed by atoms with Crippen LogP contribution in [0.2, 0.25) is 5.02 Å². The van der Waals surface area contributed by atoms with Crippen LogP contribution in [-0.2, 0) is 0 Å². The molecule has 1 aromatic heterocycles. The fourth-order valence-corrected chi connectivity index (χ4v) is 2.81. The van der Waals surface area contributed by atoms with Crippen LogP contribution >= 0.6 is 11.6 Å². The van der Waals surface area contributed by atoms with Crippen molar-refractivity contribution in [3.8, 4) is 0 Å². The molecule has 0 saturated heterocycles. The van der Waals surface area contributed by atoms with E-state index in [9.17, 15) is 14.4 Å². The van der Waals surface area contributed by atoms with Crippen LogP contribution in [0.5, 0.6) is 0 Å². The van der Waals surface area contributed by atoms with Gasteiger partial charge in [0.1, 0.15) is 5.69 Å². The van der Waals surface area contributed by atoms with Gasteiger partial charge in [-0.15, -0.1) is 0 Å². The molecule has 5 N–H and O–H groups in total. The highest BCUT2D eigenvalue weighted by molar-refractivity contribution is 6.34. The fourth-order valence-electron chi connectivity index (χ4n) is 2.49. The summed E-state index contributed by atoms with van der Waals surface area (Å²) in [6, 6.07) is 11.6. The number of primary amides is 1. The predicted octanol–water partition coefficient (Wildman–Crippen LogP) is 2.98. The fraction of sp³-hybridized carbons (Fsp3) is 0.0526. The smallest absolute Gasteiger partial charge is 0.274 e. The molecule has 0 aliphatic carbocycles. The minimum Gasteiger partial charge on any atom is -0.364 e. The van der Waals surface area contributed by atoms with Gasteiger partial charge in [0, 0.05) is 11.4 Å². The van der Waals surface area contributed by atoms with E-state index in [1.165, 1.54) is 6.33 Å². The summed E-state index contributed by atoms with van der Waals surface area (Å²) in [4.78, 5) is 42.1. The highest BCUT2D eigenvalue weighted by atomic mass is 35.5. The van der Waals surface area contributed by atoms with Crippen molar-refractivity contribution in [2.24, 2.45) is 5.73 Å². The highest BCUT2D eigenvalue weighted by Crippen LogP contribution is 2.20. The Morgan fingerprint density at radius 3 is 2.18 bits per heavy atom. The molecular weight excluding hydrogens is 382 g/mol. The lowest BCUT2D eigenvalue weighted by molar-refractivity contribution is 0.0972. The summed E-state index contributed by atoms with van der Waals surface area (Å²) in [7, 11) is 0. The zero-order chi connectivity index (χ0) is 20.3. The molecule has 8 nitrogen and oxygen atoms in total. The number of aromatic amines is 1. The number of nitrogens with zero attached hydrogens (tertiary/aromatic N) is 1. The summed E-state index contributed by atoms with van der Waals surface area (Å²) in [5, 5.41) is 5.72. The lowest BCUT2D eigenvalue weighted by Gasteiger charge is -2.09. The molecule has 0 aliphatic rings. The largest absolute Gasteiger partial charge is 0.364 e. The number of aryl methyl sites for hydroxylation is 1. The zero-order valence-corrected chi connectivity index (χ0v) is 15.5. The van der Waals surface area contributed by atoms with Crippen molar-refractivity contribution in [3.05, 3.63) is 76.3 Å². The number of rotatable bonds is 5. The number of imidazole rings is 1. The summed E-state index contributed by atoms with van der Waals surface area (Å²) in [5.74, 6) is -1.71. The molecule has 0 atom stereocenters. The lowest BCUT2D eigenvalue weighted by Crippen LogP contribution is -2.20. The monoisotopic (exact) mass is 397 g/mol. The Morgan fingerprint density at radius 2 is 1.61 bits per heavy atom. The number of carbonyl (C=O) groups excluding carboxylic acids is 3. The molecule has 0 spiro atoms. The molecule has 142 valence electrons. The number of halogens is 1. The van der Waals surface area contributed by atoms with Crippen molar-refractivity contribution in [3.63, 3.8) is 0 Å². The maximum absolute atomic E-state index is 12.3. The van der Waals surface area contributed by atoms with Gasteiger partial charge in [-0.1, -0.05) is 17.7 Å². The molecule has 1 heterocycles. The minimum absolute atomic E-state index is 0.0288. The van der Waals surface area contributed by atoms with Crippen LogP contribution in [-0.4, -0.2) is 27.7 Å². The number of nitrogens with two attached hydrogens (primary N) is 1. The average molecular weight is 398 g/mol. The number of aromatic nitrogens is 2. The number of benzene rings is 2. The Labute approximate surface area is 165 Å². The molecule has 0 fully saturated rings. The second-order valence-corrected chi connectivity index (χ2v) is 6.37. The van der Waals surface area contributed by atoms with E-state index in [0.717, 1.165) is 5.56 Å². The number of hydrogen-bond acceptors (Lipinski definition) is 4. The third kappa shape index (κ3) is 4.18. The Kier molecular flexibility index (Phi) is 5.42. The van der Waals surface area contributed by atoms with E-state index in [1.807, 2.05) is 6.92 Å². The first-order valence-electron chi connectivity index (χ1n) is 8.17. The summed E-state index contributed by atoms with van der Waals surface area (Å²) >= 11 is 6.11. The molecule has 3 aromatic rings. The molecule has 0 radical (unpaired) electrons. The first-order valence-corrected chi connectivity index (χ1v) is 8.55. The van der Waals surface area contributed by atoms with Crippen molar-refractivity contribution in [2.75, 3.05) is 10.6 Å². The summed E-state index contributed by atoms with van der Waals surface area (Å²) in [6.45, 7) is 1.89. The average Bonchev–Trinajstić information content (AvgIpc) is 3.13. The summed E-state index contributed by atoms with van der Waals surface area (Å²) in [5.41, 5.74) is 7.31. The first-order chi connectivity index (χ1) is 13.3. The van der Waals surface area contributed by atoms with Crippen LogP contribution < -0.4 is 16.4 Å². The Bertz CT molecular complexity index is 1060. The molecule has 2 aromatic carbocycles. The molecular formula is C19H16ClN5O3. The van der Waals surface area contributed by atoms with Gasteiger partial charge in [0.25, 0.3) is 17.7 Å². The highest BCUT2D eigenvalue weighted by Gasteiger charge is 2.18. The van der Waals surface area contributed by atoms with Gasteiger partial charge in [-0.3, -0.25) is 14.4 Å². The van der Waals surface area contributed by atoms with Gasteiger partial charge < -0.3 is 21.4 Å². The van der Waals surface area contributed by atoms with Crippen molar-refractivity contribution < 1.29 is 14.4 Å². The van der Waals surface area contributed by atoms with Crippen LogP contribution in [0.15, 0.2) is 48.8 Å². The van der Waals surface area contributed by atoms with Crippen molar-refractivity contribution in [1.82, 2.24) is 9.97 Å². The number of H-pyrrole nitrogens is 1. The second-order valence-electron chi connectivity index (χ2n) is 5.96. The Hall–Kier alpha value is -3.65. The van der Waals surface area contributed by atoms with Crippen molar-refractivity contribution in [1.29, 1.82) is 0 Å². The van der Waals surface area contributed by atoms with E-state index >= 15 is 0 Å². The molecule has 28 heavy (non-hydrogen) atoms. The standard InChI is InChI=1S/C19H16ClN5O3/c1-10-2-7-13(14(20)8-10)18(27)24-11-3-5-12(6-4-11)25-19(28)16-15(17(21)26)22-9-23-16/h2-9H,1H3,(H2,21,26)(H,22,23)(H,24,27)(H,25,28). The van der Waals surface area contributed by atoms with E-state index < -0.39 is 11.8 Å². The summed E-state index contributed by atoms with van der Waals surface area (Å²) in [6.07, 6.45) is 1.21. The molecule has 9 heteroatoms. The van der Waals surface area contributed by atoms with Gasteiger partial charge in [0.05, 0.1) is 16.9 Å². The Balaban J connectivity index is 1.68. The molecule has 3 amide bonds. The SMILES string of the molecule is Cc1ccc(C(=O)Nc2ccc(NC(=O)c3[nH]cnc3C(N)=O)cc2)c(Cl)c1. The number of nitrogens with one attached hydrogen (secondary N) is 3. The normalized spacial score (nSPS) is 10.4. The molecule has 0 saturated carbocycles. The molecule has 0 aliphatic heterocycles. The van der Waals surface area contributed by atoms with E-state index in [0.29, 0.717) is 22.0 Å². The third-order valence-electron chi connectivity index (χ3n) is 3.87. The van der Waals surface area contributed by atoms with Gasteiger partial charge in [-0.05, 0) is 48.9 Å². The van der Waals surface area contributed by atoms with Crippen molar-refractivity contribution >= 4 is 40.7 Å². The van der Waals surface area contributed by atoms with E-state index in [4.69, 9.17) is 17.3 Å². The number of amides is 3. The quantitative estimate of drug-likeness (QED) is 0.527. The van der Waals surface area contributed by atoms with Crippen LogP contribution in [0.3, 0.4) is 0 Å². The van der Waals surface area contributed by atoms with Gasteiger partial charge in [-0.2, -0.15) is 0 Å². The Morgan fingerprint density at radius 1 is 1.00 bits per heavy atom. The number of hydrogen-bond donors (Lipinski definition) is 4. The maximum atomic E-state index is 12.3. The van der Waals surface area contributed by atoms with Gasteiger partial charge in [0.15, 0.2) is 5.69 Å². The number of carbonyl (C=O) groups is 3. The lowest BCUT2D eigenvalue weighted by atomic mass is 10.1.